The summed E-state index contributed by atoms with van der Waals surface area (Å²) < 4.78 is 16.0. The topological polar surface area (TPSA) is 51.5 Å². The number of nitrogens with zero attached hydrogens (tertiary/aromatic N) is 1. The molecule has 1 rings (SSSR count). The van der Waals surface area contributed by atoms with Gasteiger partial charge in [-0.05, 0) is 19.3 Å². The molecule has 0 aromatic heterocycles. The van der Waals surface area contributed by atoms with E-state index >= 15 is 0 Å². The highest BCUT2D eigenvalue weighted by Gasteiger charge is 2.14. The van der Waals surface area contributed by atoms with Crippen LogP contribution in [-0.2, 0) is 14.2 Å². The van der Waals surface area contributed by atoms with Crippen molar-refractivity contribution >= 4 is 0 Å². The lowest BCUT2D eigenvalue weighted by Gasteiger charge is -2.09. The molecule has 15 heavy (non-hydrogen) atoms. The Hall–Kier alpha value is -0.630. The molecule has 0 aromatic carbocycles. The van der Waals surface area contributed by atoms with Gasteiger partial charge in [0.25, 0.3) is 0 Å². The van der Waals surface area contributed by atoms with Crippen molar-refractivity contribution in [3.63, 3.8) is 0 Å². The van der Waals surface area contributed by atoms with Crippen LogP contribution in [0.2, 0.25) is 0 Å². The maximum Gasteiger partial charge on any atom is 0.0700 e. The Bertz CT molecular complexity index is 185. The maximum absolute atomic E-state index is 8.25. The zero-order chi connectivity index (χ0) is 10.8. The van der Waals surface area contributed by atoms with Gasteiger partial charge in [-0.1, -0.05) is 0 Å². The average Bonchev–Trinajstić information content (AvgIpc) is 2.75. The number of ether oxygens (including phenoxy) is 3. The summed E-state index contributed by atoms with van der Waals surface area (Å²) >= 11 is 0. The Kier molecular flexibility index (Phi) is 7.18. The third kappa shape index (κ3) is 6.45. The third-order valence-corrected chi connectivity index (χ3v) is 2.34. The molecule has 0 saturated carbocycles. The van der Waals surface area contributed by atoms with Gasteiger partial charge in [-0.15, -0.1) is 0 Å². The molecule has 1 heterocycles. The summed E-state index contributed by atoms with van der Waals surface area (Å²) in [6.45, 7) is 3.34. The molecular formula is C11H19NO3. The van der Waals surface area contributed by atoms with Gasteiger partial charge in [0.2, 0.25) is 0 Å². The van der Waals surface area contributed by atoms with Crippen molar-refractivity contribution in [1.29, 1.82) is 5.26 Å². The first-order valence-electron chi connectivity index (χ1n) is 5.57. The molecule has 0 spiro atoms. The van der Waals surface area contributed by atoms with Gasteiger partial charge in [0.15, 0.2) is 0 Å². The van der Waals surface area contributed by atoms with Gasteiger partial charge in [-0.25, -0.2) is 0 Å². The molecule has 1 aliphatic rings. The van der Waals surface area contributed by atoms with E-state index in [1.165, 1.54) is 12.8 Å². The zero-order valence-corrected chi connectivity index (χ0v) is 9.11. The van der Waals surface area contributed by atoms with E-state index in [0.29, 0.717) is 32.3 Å². The molecule has 0 N–H and O–H groups in total. The summed E-state index contributed by atoms with van der Waals surface area (Å²) in [4.78, 5) is 0. The van der Waals surface area contributed by atoms with Gasteiger partial charge in [0, 0.05) is 13.2 Å². The number of nitriles is 1. The fourth-order valence-corrected chi connectivity index (χ4v) is 1.53. The number of hydrogen-bond acceptors (Lipinski definition) is 4. The summed E-state index contributed by atoms with van der Waals surface area (Å²) in [5, 5.41) is 8.25. The van der Waals surface area contributed by atoms with Crippen LogP contribution in [0.3, 0.4) is 0 Å². The third-order valence-electron chi connectivity index (χ3n) is 2.34. The van der Waals surface area contributed by atoms with Crippen LogP contribution in [0.5, 0.6) is 0 Å². The van der Waals surface area contributed by atoms with E-state index in [1.54, 1.807) is 0 Å². The van der Waals surface area contributed by atoms with Crippen molar-refractivity contribution in [2.75, 3.05) is 33.0 Å². The zero-order valence-electron chi connectivity index (χ0n) is 9.11. The molecule has 0 aliphatic carbocycles. The predicted octanol–water partition coefficient (Wildman–Crippen LogP) is 1.50. The highest BCUT2D eigenvalue weighted by atomic mass is 16.5. The Morgan fingerprint density at radius 1 is 1.20 bits per heavy atom. The maximum atomic E-state index is 8.25. The minimum Gasteiger partial charge on any atom is -0.379 e. The van der Waals surface area contributed by atoms with Crippen LogP contribution in [0.4, 0.5) is 0 Å². The second-order valence-electron chi connectivity index (χ2n) is 3.56. The van der Waals surface area contributed by atoms with Crippen LogP contribution in [0.15, 0.2) is 0 Å². The van der Waals surface area contributed by atoms with Crippen LogP contribution < -0.4 is 0 Å². The fraction of sp³-hybridized carbons (Fsp3) is 0.909. The van der Waals surface area contributed by atoms with Gasteiger partial charge in [0.1, 0.15) is 0 Å². The van der Waals surface area contributed by atoms with E-state index in [1.807, 2.05) is 6.07 Å². The fourth-order valence-electron chi connectivity index (χ4n) is 1.53. The quantitative estimate of drug-likeness (QED) is 0.573. The lowest BCUT2D eigenvalue weighted by molar-refractivity contribution is 0.0269. The van der Waals surface area contributed by atoms with Gasteiger partial charge in [-0.3, -0.25) is 0 Å². The van der Waals surface area contributed by atoms with Crippen molar-refractivity contribution in [3.8, 4) is 6.07 Å². The number of rotatable bonds is 8. The minimum absolute atomic E-state index is 0.407. The van der Waals surface area contributed by atoms with Crippen LogP contribution in [-0.4, -0.2) is 39.1 Å². The van der Waals surface area contributed by atoms with Gasteiger partial charge in [0.05, 0.1) is 38.4 Å². The lowest BCUT2D eigenvalue weighted by atomic mass is 10.2. The summed E-state index contributed by atoms with van der Waals surface area (Å²) in [6, 6.07) is 2.02. The van der Waals surface area contributed by atoms with E-state index in [-0.39, 0.29) is 0 Å². The standard InChI is InChI=1S/C11H19NO3/c12-5-2-6-13-9-10-14-8-4-11-3-1-7-15-11/h11H,1-4,6-10H2. The van der Waals surface area contributed by atoms with Crippen molar-refractivity contribution in [3.05, 3.63) is 0 Å². The summed E-state index contributed by atoms with van der Waals surface area (Å²) in [7, 11) is 0. The minimum atomic E-state index is 0.407. The van der Waals surface area contributed by atoms with Gasteiger partial charge < -0.3 is 14.2 Å². The van der Waals surface area contributed by atoms with Gasteiger partial charge in [-0.2, -0.15) is 5.26 Å². The van der Waals surface area contributed by atoms with Crippen LogP contribution in [0.25, 0.3) is 0 Å². The van der Waals surface area contributed by atoms with E-state index in [0.717, 1.165) is 19.6 Å². The molecule has 1 saturated heterocycles. The largest absolute Gasteiger partial charge is 0.379 e. The Morgan fingerprint density at radius 2 is 2.00 bits per heavy atom. The number of hydrogen-bond donors (Lipinski definition) is 0. The summed E-state index contributed by atoms with van der Waals surface area (Å²) in [5.74, 6) is 0. The first kappa shape index (κ1) is 12.4. The summed E-state index contributed by atoms with van der Waals surface area (Å²) in [6.07, 6.45) is 4.20. The van der Waals surface area contributed by atoms with Gasteiger partial charge >= 0.3 is 0 Å². The molecule has 4 nitrogen and oxygen atoms in total. The monoisotopic (exact) mass is 213 g/mol. The second-order valence-corrected chi connectivity index (χ2v) is 3.56. The van der Waals surface area contributed by atoms with Crippen LogP contribution >= 0.6 is 0 Å². The molecule has 1 fully saturated rings. The lowest BCUT2D eigenvalue weighted by Crippen LogP contribution is -2.11. The van der Waals surface area contributed by atoms with Crippen LogP contribution in [0.1, 0.15) is 25.7 Å². The molecule has 1 aliphatic heterocycles. The van der Waals surface area contributed by atoms with Crippen molar-refractivity contribution in [2.24, 2.45) is 0 Å². The van der Waals surface area contributed by atoms with E-state index < -0.39 is 0 Å². The molecule has 0 amide bonds. The highest BCUT2D eigenvalue weighted by molar-refractivity contribution is 4.67. The Balaban J connectivity index is 1.75. The Morgan fingerprint density at radius 3 is 2.67 bits per heavy atom. The predicted molar refractivity (Wildman–Crippen MR) is 55.5 cm³/mol. The SMILES string of the molecule is N#CCCOCCOCCC1CCCO1. The first-order chi connectivity index (χ1) is 7.43. The molecule has 86 valence electrons. The smallest absolute Gasteiger partial charge is 0.0700 e. The van der Waals surface area contributed by atoms with E-state index in [2.05, 4.69) is 0 Å². The van der Waals surface area contributed by atoms with Crippen LogP contribution in [0, 0.1) is 11.3 Å². The molecule has 0 aromatic rings. The highest BCUT2D eigenvalue weighted by Crippen LogP contribution is 2.14. The van der Waals surface area contributed by atoms with Crippen molar-refractivity contribution in [1.82, 2.24) is 0 Å². The molecule has 0 radical (unpaired) electrons. The van der Waals surface area contributed by atoms with E-state index in [4.69, 9.17) is 19.5 Å². The molecule has 1 atom stereocenters. The normalized spacial score (nSPS) is 20.3. The molecule has 0 bridgehead atoms. The summed E-state index contributed by atoms with van der Waals surface area (Å²) in [5.41, 5.74) is 0. The average molecular weight is 213 g/mol. The van der Waals surface area contributed by atoms with Crippen molar-refractivity contribution in [2.45, 2.75) is 31.8 Å². The Labute approximate surface area is 91.1 Å². The van der Waals surface area contributed by atoms with Crippen molar-refractivity contribution < 1.29 is 14.2 Å². The second kappa shape index (κ2) is 8.66. The van der Waals surface area contributed by atoms with E-state index in [9.17, 15) is 0 Å². The molecular weight excluding hydrogens is 194 g/mol. The molecule has 4 heteroatoms. The molecule has 1 unspecified atom stereocenters. The first-order valence-corrected chi connectivity index (χ1v) is 5.57.